The summed E-state index contributed by atoms with van der Waals surface area (Å²) in [6, 6.07) is 11.7. The summed E-state index contributed by atoms with van der Waals surface area (Å²) in [6.07, 6.45) is 1.85. The number of hydrogen-bond donors (Lipinski definition) is 2. The third kappa shape index (κ3) is 4.07. The summed E-state index contributed by atoms with van der Waals surface area (Å²) >= 11 is 0. The van der Waals surface area contributed by atoms with Crippen LogP contribution in [0.25, 0.3) is 0 Å². The summed E-state index contributed by atoms with van der Waals surface area (Å²) in [4.78, 5) is 12.7. The molecule has 0 bridgehead atoms. The van der Waals surface area contributed by atoms with Crippen molar-refractivity contribution in [2.75, 3.05) is 11.9 Å². The van der Waals surface area contributed by atoms with E-state index in [1.165, 1.54) is 12.1 Å². The number of ether oxygens (including phenoxy) is 1. The molecule has 132 valence electrons. The van der Waals surface area contributed by atoms with E-state index in [1.54, 1.807) is 12.1 Å². The molecule has 2 N–H and O–H groups in total. The number of carbonyl (C=O) groups is 1. The van der Waals surface area contributed by atoms with Gasteiger partial charge in [0.05, 0.1) is 6.04 Å². The highest BCUT2D eigenvalue weighted by molar-refractivity contribution is 5.97. The molecule has 0 radical (unpaired) electrons. The molecule has 3 rings (SSSR count). The van der Waals surface area contributed by atoms with E-state index in [0.29, 0.717) is 11.1 Å². The van der Waals surface area contributed by atoms with Crippen LogP contribution in [0.3, 0.4) is 0 Å². The Hall–Kier alpha value is -2.63. The van der Waals surface area contributed by atoms with E-state index in [-0.39, 0.29) is 17.7 Å². The predicted molar refractivity (Wildman–Crippen MR) is 92.2 cm³/mol. The highest BCUT2D eigenvalue weighted by atomic mass is 19.3. The number of halogens is 2. The van der Waals surface area contributed by atoms with Crippen molar-refractivity contribution in [3.63, 3.8) is 0 Å². The Morgan fingerprint density at radius 1 is 1.24 bits per heavy atom. The third-order valence-corrected chi connectivity index (χ3v) is 4.27. The van der Waals surface area contributed by atoms with Crippen LogP contribution < -0.4 is 15.4 Å². The quantitative estimate of drug-likeness (QED) is 0.856. The van der Waals surface area contributed by atoms with Gasteiger partial charge in [0.2, 0.25) is 0 Å². The highest BCUT2D eigenvalue weighted by Crippen LogP contribution is 2.26. The monoisotopic (exact) mass is 346 g/mol. The average Bonchev–Trinajstić information content (AvgIpc) is 2.60. The number of carbonyl (C=O) groups excluding carboxylic acids is 1. The molecule has 1 amide bonds. The van der Waals surface area contributed by atoms with Crippen LogP contribution in [0.4, 0.5) is 14.5 Å². The van der Waals surface area contributed by atoms with Gasteiger partial charge in [-0.1, -0.05) is 18.2 Å². The van der Waals surface area contributed by atoms with Crippen molar-refractivity contribution in [3.8, 4) is 5.75 Å². The fourth-order valence-electron chi connectivity index (χ4n) is 3.04. The van der Waals surface area contributed by atoms with E-state index < -0.39 is 6.61 Å². The molecule has 0 aromatic heterocycles. The second-order valence-corrected chi connectivity index (χ2v) is 6.01. The standard InChI is InChI=1S/C19H20F2N2O2/c1-12(13-5-2-6-14(11-13)25-19(20)21)23-18(24)16-7-3-9-17-15(16)8-4-10-22-17/h2-3,5-7,9,11-12,19,22H,4,8,10H2,1H3,(H,23,24). The lowest BCUT2D eigenvalue weighted by Crippen LogP contribution is -2.28. The van der Waals surface area contributed by atoms with Gasteiger partial charge in [0.25, 0.3) is 5.91 Å². The Balaban J connectivity index is 1.75. The maximum Gasteiger partial charge on any atom is 0.387 e. The lowest BCUT2D eigenvalue weighted by atomic mass is 9.96. The minimum atomic E-state index is -2.87. The number of hydrogen-bond acceptors (Lipinski definition) is 3. The first-order valence-electron chi connectivity index (χ1n) is 8.26. The Morgan fingerprint density at radius 2 is 2.04 bits per heavy atom. The summed E-state index contributed by atoms with van der Waals surface area (Å²) in [6.45, 7) is -0.151. The van der Waals surface area contributed by atoms with Crippen LogP contribution in [0.1, 0.15) is 40.9 Å². The summed E-state index contributed by atoms with van der Waals surface area (Å²) in [5.41, 5.74) is 3.37. The average molecular weight is 346 g/mol. The topological polar surface area (TPSA) is 50.4 Å². The molecule has 6 heteroatoms. The summed E-state index contributed by atoms with van der Waals surface area (Å²) < 4.78 is 29.1. The SMILES string of the molecule is CC(NC(=O)c1cccc2c1CCCN2)c1cccc(OC(F)F)c1. The van der Waals surface area contributed by atoms with Crippen LogP contribution in [-0.2, 0) is 6.42 Å². The minimum absolute atomic E-state index is 0.0786. The van der Waals surface area contributed by atoms with Crippen molar-refractivity contribution in [1.29, 1.82) is 0 Å². The summed E-state index contributed by atoms with van der Waals surface area (Å²) in [7, 11) is 0. The van der Waals surface area contributed by atoms with Crippen molar-refractivity contribution < 1.29 is 18.3 Å². The molecule has 1 heterocycles. The first kappa shape index (κ1) is 17.2. The molecule has 2 aromatic rings. The molecule has 1 atom stereocenters. The molecule has 1 aliphatic heterocycles. The molecule has 25 heavy (non-hydrogen) atoms. The lowest BCUT2D eigenvalue weighted by molar-refractivity contribution is -0.0499. The summed E-state index contributed by atoms with van der Waals surface area (Å²) in [5.74, 6) is -0.0943. The number of benzene rings is 2. The fourth-order valence-corrected chi connectivity index (χ4v) is 3.04. The fraction of sp³-hybridized carbons (Fsp3) is 0.316. The van der Waals surface area contributed by atoms with Crippen molar-refractivity contribution in [1.82, 2.24) is 5.32 Å². The van der Waals surface area contributed by atoms with E-state index >= 15 is 0 Å². The van der Waals surface area contributed by atoms with E-state index in [1.807, 2.05) is 25.1 Å². The van der Waals surface area contributed by atoms with Gasteiger partial charge in [0.1, 0.15) is 5.75 Å². The highest BCUT2D eigenvalue weighted by Gasteiger charge is 2.19. The maximum atomic E-state index is 12.7. The predicted octanol–water partition coefficient (Wildman–Crippen LogP) is 4.14. The molecule has 1 unspecified atom stereocenters. The van der Waals surface area contributed by atoms with Gasteiger partial charge in [0.15, 0.2) is 0 Å². The van der Waals surface area contributed by atoms with Gasteiger partial charge in [-0.2, -0.15) is 8.78 Å². The Morgan fingerprint density at radius 3 is 2.84 bits per heavy atom. The number of anilines is 1. The van der Waals surface area contributed by atoms with Crippen LogP contribution in [0.2, 0.25) is 0 Å². The Kier molecular flexibility index (Phi) is 5.16. The second kappa shape index (κ2) is 7.51. The summed E-state index contributed by atoms with van der Waals surface area (Å²) in [5, 5.41) is 6.23. The van der Waals surface area contributed by atoms with Crippen LogP contribution in [-0.4, -0.2) is 19.1 Å². The number of amides is 1. The van der Waals surface area contributed by atoms with E-state index in [0.717, 1.165) is 30.6 Å². The van der Waals surface area contributed by atoms with Crippen LogP contribution in [0.5, 0.6) is 5.75 Å². The van der Waals surface area contributed by atoms with Crippen LogP contribution >= 0.6 is 0 Å². The molecule has 2 aromatic carbocycles. The van der Waals surface area contributed by atoms with Crippen LogP contribution in [0.15, 0.2) is 42.5 Å². The zero-order valence-electron chi connectivity index (χ0n) is 13.9. The molecule has 0 aliphatic carbocycles. The maximum absolute atomic E-state index is 12.7. The van der Waals surface area contributed by atoms with Crippen molar-refractivity contribution >= 4 is 11.6 Å². The molecular formula is C19H20F2N2O2. The molecule has 1 aliphatic rings. The second-order valence-electron chi connectivity index (χ2n) is 6.01. The number of fused-ring (bicyclic) bond motifs is 1. The lowest BCUT2D eigenvalue weighted by Gasteiger charge is -2.22. The largest absolute Gasteiger partial charge is 0.435 e. The van der Waals surface area contributed by atoms with Gasteiger partial charge in [-0.3, -0.25) is 4.79 Å². The third-order valence-electron chi connectivity index (χ3n) is 4.27. The molecule has 0 spiro atoms. The Labute approximate surface area is 145 Å². The molecule has 4 nitrogen and oxygen atoms in total. The van der Waals surface area contributed by atoms with Crippen LogP contribution in [0, 0.1) is 0 Å². The number of alkyl halides is 2. The molecular weight excluding hydrogens is 326 g/mol. The zero-order valence-corrected chi connectivity index (χ0v) is 13.9. The van der Waals surface area contributed by atoms with Gasteiger partial charge in [-0.05, 0) is 55.2 Å². The van der Waals surface area contributed by atoms with E-state index in [4.69, 9.17) is 0 Å². The zero-order chi connectivity index (χ0) is 17.8. The van der Waals surface area contributed by atoms with E-state index in [9.17, 15) is 13.6 Å². The van der Waals surface area contributed by atoms with Crippen molar-refractivity contribution in [2.24, 2.45) is 0 Å². The smallest absolute Gasteiger partial charge is 0.387 e. The van der Waals surface area contributed by atoms with Gasteiger partial charge in [-0.15, -0.1) is 0 Å². The number of rotatable bonds is 5. The van der Waals surface area contributed by atoms with Gasteiger partial charge >= 0.3 is 6.61 Å². The molecule has 0 saturated carbocycles. The van der Waals surface area contributed by atoms with Gasteiger partial charge < -0.3 is 15.4 Å². The number of nitrogens with one attached hydrogen (secondary N) is 2. The minimum Gasteiger partial charge on any atom is -0.435 e. The van der Waals surface area contributed by atoms with E-state index in [2.05, 4.69) is 15.4 Å². The molecule has 0 saturated heterocycles. The first-order valence-corrected chi connectivity index (χ1v) is 8.26. The Bertz CT molecular complexity index is 765. The van der Waals surface area contributed by atoms with Gasteiger partial charge in [-0.25, -0.2) is 0 Å². The molecule has 0 fully saturated rings. The first-order chi connectivity index (χ1) is 12.0. The van der Waals surface area contributed by atoms with Crippen molar-refractivity contribution in [2.45, 2.75) is 32.4 Å². The van der Waals surface area contributed by atoms with Crippen molar-refractivity contribution in [3.05, 3.63) is 59.2 Å². The van der Waals surface area contributed by atoms with Gasteiger partial charge in [0, 0.05) is 17.8 Å². The normalized spacial score (nSPS) is 14.4.